The highest BCUT2D eigenvalue weighted by Crippen LogP contribution is 2.38. The molecule has 0 saturated heterocycles. The van der Waals surface area contributed by atoms with Crippen LogP contribution >= 0.6 is 0 Å². The summed E-state index contributed by atoms with van der Waals surface area (Å²) in [6.07, 6.45) is -4.71. The minimum Gasteiger partial charge on any atom is -0.488 e. The van der Waals surface area contributed by atoms with Gasteiger partial charge in [0.1, 0.15) is 11.4 Å². The first-order chi connectivity index (χ1) is 7.93. The third-order valence-electron chi connectivity index (χ3n) is 2.39. The zero-order valence-electron chi connectivity index (χ0n) is 10.8. The highest BCUT2D eigenvalue weighted by Gasteiger charge is 2.51. The van der Waals surface area contributed by atoms with Crippen molar-refractivity contribution in [1.82, 2.24) is 0 Å². The van der Waals surface area contributed by atoms with Gasteiger partial charge in [-0.15, -0.1) is 0 Å². The van der Waals surface area contributed by atoms with E-state index in [1.54, 1.807) is 0 Å². The Morgan fingerprint density at radius 2 is 1.39 bits per heavy atom. The van der Waals surface area contributed by atoms with E-state index in [0.717, 1.165) is 6.92 Å². The first-order valence-corrected chi connectivity index (χ1v) is 5.52. The first kappa shape index (κ1) is 14.8. The van der Waals surface area contributed by atoms with E-state index in [9.17, 15) is 18.3 Å². The fourth-order valence-corrected chi connectivity index (χ4v) is 1.36. The molecule has 0 saturated carbocycles. The van der Waals surface area contributed by atoms with Gasteiger partial charge in [-0.3, -0.25) is 0 Å². The summed E-state index contributed by atoms with van der Waals surface area (Å²) in [5.74, 6) is 0.462. The second-order valence-electron chi connectivity index (χ2n) is 5.31. The van der Waals surface area contributed by atoms with Gasteiger partial charge < -0.3 is 9.84 Å². The number of hydrogen-bond donors (Lipinski definition) is 1. The smallest absolute Gasteiger partial charge is 0.421 e. The molecule has 0 aliphatic carbocycles. The molecule has 2 nitrogen and oxygen atoms in total. The molecule has 0 aliphatic heterocycles. The fourth-order valence-electron chi connectivity index (χ4n) is 1.36. The van der Waals surface area contributed by atoms with Crippen molar-refractivity contribution in [3.63, 3.8) is 0 Å². The maximum Gasteiger partial charge on any atom is 0.421 e. The summed E-state index contributed by atoms with van der Waals surface area (Å²) in [6.45, 7) is 6.25. The number of hydrogen-bond acceptors (Lipinski definition) is 2. The van der Waals surface area contributed by atoms with E-state index in [4.69, 9.17) is 4.74 Å². The van der Waals surface area contributed by atoms with Gasteiger partial charge in [-0.25, -0.2) is 0 Å². The molecule has 0 fully saturated rings. The molecule has 0 radical (unpaired) electrons. The number of alkyl halides is 3. The van der Waals surface area contributed by atoms with Gasteiger partial charge >= 0.3 is 6.18 Å². The second-order valence-corrected chi connectivity index (χ2v) is 5.31. The van der Waals surface area contributed by atoms with E-state index >= 15 is 0 Å². The predicted octanol–water partition coefficient (Wildman–Crippen LogP) is 3.63. The third kappa shape index (κ3) is 3.38. The molecule has 0 heterocycles. The van der Waals surface area contributed by atoms with Gasteiger partial charge in [0.15, 0.2) is 5.60 Å². The molecule has 1 atom stereocenters. The summed E-state index contributed by atoms with van der Waals surface area (Å²) in [5, 5.41) is 9.48. The number of benzene rings is 1. The molecule has 5 heteroatoms. The van der Waals surface area contributed by atoms with Gasteiger partial charge in [0.05, 0.1) is 0 Å². The Balaban J connectivity index is 2.97. The molecule has 1 aromatic carbocycles. The van der Waals surface area contributed by atoms with Crippen molar-refractivity contribution in [3.05, 3.63) is 29.8 Å². The van der Waals surface area contributed by atoms with Crippen molar-refractivity contribution in [3.8, 4) is 5.75 Å². The summed E-state index contributed by atoms with van der Waals surface area (Å²) in [7, 11) is 0. The highest BCUT2D eigenvalue weighted by atomic mass is 19.4. The monoisotopic (exact) mass is 262 g/mol. The van der Waals surface area contributed by atoms with E-state index in [2.05, 4.69) is 0 Å². The Morgan fingerprint density at radius 1 is 0.944 bits per heavy atom. The molecular formula is C13H17F3O2. The van der Waals surface area contributed by atoms with Crippen LogP contribution in [-0.4, -0.2) is 16.9 Å². The van der Waals surface area contributed by atoms with Crippen LogP contribution in [0.1, 0.15) is 33.3 Å². The first-order valence-electron chi connectivity index (χ1n) is 5.52. The van der Waals surface area contributed by atoms with E-state index in [1.807, 2.05) is 20.8 Å². The number of rotatable bonds is 2. The average Bonchev–Trinajstić information content (AvgIpc) is 2.14. The van der Waals surface area contributed by atoms with Crippen LogP contribution in [0.4, 0.5) is 13.2 Å². The molecule has 0 aromatic heterocycles. The summed E-state index contributed by atoms with van der Waals surface area (Å²) in [4.78, 5) is 0. The topological polar surface area (TPSA) is 29.5 Å². The van der Waals surface area contributed by atoms with Crippen molar-refractivity contribution in [2.75, 3.05) is 0 Å². The zero-order chi connectivity index (χ0) is 14.2. The molecule has 0 bridgehead atoms. The van der Waals surface area contributed by atoms with Gasteiger partial charge in [0, 0.05) is 0 Å². The lowest BCUT2D eigenvalue weighted by Gasteiger charge is -2.27. The molecule has 1 unspecified atom stereocenters. The minimum absolute atomic E-state index is 0.212. The Bertz CT molecular complexity index is 400. The van der Waals surface area contributed by atoms with E-state index in [-0.39, 0.29) is 5.56 Å². The largest absolute Gasteiger partial charge is 0.488 e. The van der Waals surface area contributed by atoms with Gasteiger partial charge in [-0.05, 0) is 45.4 Å². The lowest BCUT2D eigenvalue weighted by molar-refractivity contribution is -0.258. The van der Waals surface area contributed by atoms with Crippen LogP contribution in [-0.2, 0) is 5.60 Å². The van der Waals surface area contributed by atoms with Crippen molar-refractivity contribution >= 4 is 0 Å². The molecule has 1 aromatic rings. The van der Waals surface area contributed by atoms with Crippen molar-refractivity contribution < 1.29 is 23.0 Å². The Morgan fingerprint density at radius 3 is 1.72 bits per heavy atom. The van der Waals surface area contributed by atoms with Crippen LogP contribution in [0.15, 0.2) is 24.3 Å². The van der Waals surface area contributed by atoms with Gasteiger partial charge in [0.2, 0.25) is 0 Å². The quantitative estimate of drug-likeness (QED) is 0.881. The van der Waals surface area contributed by atoms with Crippen molar-refractivity contribution in [2.24, 2.45) is 0 Å². The Hall–Kier alpha value is -1.23. The van der Waals surface area contributed by atoms with Crippen LogP contribution in [0.5, 0.6) is 5.75 Å². The zero-order valence-corrected chi connectivity index (χ0v) is 10.8. The minimum atomic E-state index is -4.71. The molecule has 18 heavy (non-hydrogen) atoms. The predicted molar refractivity (Wildman–Crippen MR) is 62.4 cm³/mol. The summed E-state index contributed by atoms with van der Waals surface area (Å²) < 4.78 is 43.3. The summed E-state index contributed by atoms with van der Waals surface area (Å²) in [6, 6.07) is 5.27. The van der Waals surface area contributed by atoms with Crippen LogP contribution in [0.3, 0.4) is 0 Å². The Labute approximate surface area is 104 Å². The van der Waals surface area contributed by atoms with Crippen molar-refractivity contribution in [2.45, 2.75) is 45.1 Å². The van der Waals surface area contributed by atoms with Crippen LogP contribution in [0.2, 0.25) is 0 Å². The highest BCUT2D eigenvalue weighted by molar-refractivity contribution is 5.31. The molecule has 102 valence electrons. The fraction of sp³-hybridized carbons (Fsp3) is 0.538. The van der Waals surface area contributed by atoms with E-state index < -0.39 is 17.4 Å². The lowest BCUT2D eigenvalue weighted by atomic mass is 9.95. The molecular weight excluding hydrogens is 245 g/mol. The number of halogens is 3. The SMILES string of the molecule is CC(C)(C)Oc1ccc(C(C)(O)C(F)(F)F)cc1. The van der Waals surface area contributed by atoms with E-state index in [1.165, 1.54) is 24.3 Å². The van der Waals surface area contributed by atoms with E-state index in [0.29, 0.717) is 5.75 Å². The summed E-state index contributed by atoms with van der Waals surface area (Å²) in [5.41, 5.74) is -3.49. The average molecular weight is 262 g/mol. The van der Waals surface area contributed by atoms with Crippen LogP contribution < -0.4 is 4.74 Å². The van der Waals surface area contributed by atoms with Crippen LogP contribution in [0.25, 0.3) is 0 Å². The maximum absolute atomic E-state index is 12.6. The van der Waals surface area contributed by atoms with Gasteiger partial charge in [0.25, 0.3) is 0 Å². The molecule has 1 rings (SSSR count). The standard InChI is InChI=1S/C13H17F3O2/c1-11(2,3)18-10-7-5-9(6-8-10)12(4,17)13(14,15)16/h5-8,17H,1-4H3. The lowest BCUT2D eigenvalue weighted by Crippen LogP contribution is -2.39. The normalized spacial score (nSPS) is 16.2. The maximum atomic E-state index is 12.6. The van der Waals surface area contributed by atoms with Gasteiger partial charge in [-0.1, -0.05) is 12.1 Å². The number of aliphatic hydroxyl groups is 1. The third-order valence-corrected chi connectivity index (χ3v) is 2.39. The Kier molecular flexibility index (Phi) is 3.68. The van der Waals surface area contributed by atoms with Crippen molar-refractivity contribution in [1.29, 1.82) is 0 Å². The number of ether oxygens (including phenoxy) is 1. The summed E-state index contributed by atoms with van der Waals surface area (Å²) >= 11 is 0. The molecule has 1 N–H and O–H groups in total. The molecule has 0 spiro atoms. The van der Waals surface area contributed by atoms with Gasteiger partial charge in [-0.2, -0.15) is 13.2 Å². The molecule has 0 aliphatic rings. The van der Waals surface area contributed by atoms with Crippen LogP contribution in [0, 0.1) is 0 Å². The second kappa shape index (κ2) is 4.46. The molecule has 0 amide bonds.